The van der Waals surface area contributed by atoms with E-state index in [1.54, 1.807) is 0 Å². The lowest BCUT2D eigenvalue weighted by Gasteiger charge is -2.39. The van der Waals surface area contributed by atoms with Crippen molar-refractivity contribution in [3.8, 4) is 6.07 Å². The molecule has 0 spiro atoms. The molecule has 1 aromatic carbocycles. The van der Waals surface area contributed by atoms with Crippen LogP contribution in [0.5, 0.6) is 0 Å². The molecule has 2 rings (SSSR count). The lowest BCUT2D eigenvalue weighted by atomic mass is 9.90. The number of hydrogen-bond acceptors (Lipinski definition) is 3. The molecule has 1 fully saturated rings. The first kappa shape index (κ1) is 11.9. The summed E-state index contributed by atoms with van der Waals surface area (Å²) in [6.07, 6.45) is 4.52. The van der Waals surface area contributed by atoms with Crippen molar-refractivity contribution in [1.82, 2.24) is 0 Å². The molecule has 3 nitrogen and oxygen atoms in total. The van der Waals surface area contributed by atoms with Gasteiger partial charge >= 0.3 is 0 Å². The minimum atomic E-state index is 0.223. The van der Waals surface area contributed by atoms with Crippen LogP contribution < -0.4 is 4.90 Å². The Kier molecular flexibility index (Phi) is 4.00. The monoisotopic (exact) mass is 230 g/mol. The molecule has 0 atom stereocenters. The summed E-state index contributed by atoms with van der Waals surface area (Å²) in [7, 11) is 0. The first-order valence-corrected chi connectivity index (χ1v) is 6.23. The smallest absolute Gasteiger partial charge is 0.0992 e. The normalized spacial score (nSPS) is 15.1. The van der Waals surface area contributed by atoms with Gasteiger partial charge in [0.1, 0.15) is 0 Å². The quantitative estimate of drug-likeness (QED) is 0.844. The number of anilines is 1. The first-order chi connectivity index (χ1) is 8.35. The van der Waals surface area contributed by atoms with E-state index < -0.39 is 0 Å². The lowest BCUT2D eigenvalue weighted by molar-refractivity contribution is 0.283. The van der Waals surface area contributed by atoms with Gasteiger partial charge < -0.3 is 10.0 Å². The minimum absolute atomic E-state index is 0.223. The van der Waals surface area contributed by atoms with Crippen LogP contribution >= 0.6 is 0 Å². The Hall–Kier alpha value is -1.53. The van der Waals surface area contributed by atoms with Gasteiger partial charge in [-0.15, -0.1) is 0 Å². The molecule has 0 radical (unpaired) electrons. The molecule has 90 valence electrons. The highest BCUT2D eigenvalue weighted by molar-refractivity contribution is 5.52. The van der Waals surface area contributed by atoms with Crippen LogP contribution in [0.2, 0.25) is 0 Å². The molecule has 3 heteroatoms. The van der Waals surface area contributed by atoms with Crippen molar-refractivity contribution in [3.63, 3.8) is 0 Å². The Balaban J connectivity index is 2.15. The summed E-state index contributed by atoms with van der Waals surface area (Å²) in [5, 5.41) is 17.9. The molecular weight excluding hydrogens is 212 g/mol. The fraction of sp³-hybridized carbons (Fsp3) is 0.500. The molecule has 0 unspecified atom stereocenters. The van der Waals surface area contributed by atoms with Crippen LogP contribution in [0.25, 0.3) is 0 Å². The average Bonchev–Trinajstić information content (AvgIpc) is 2.32. The zero-order chi connectivity index (χ0) is 12.1. The number of aliphatic hydroxyl groups is 1. The van der Waals surface area contributed by atoms with Gasteiger partial charge in [-0.2, -0.15) is 5.26 Å². The van der Waals surface area contributed by atoms with Crippen LogP contribution in [0.1, 0.15) is 31.2 Å². The highest BCUT2D eigenvalue weighted by Crippen LogP contribution is 2.30. The second kappa shape index (κ2) is 5.70. The third-order valence-electron chi connectivity index (χ3n) is 3.38. The molecule has 0 heterocycles. The van der Waals surface area contributed by atoms with Crippen molar-refractivity contribution in [2.75, 3.05) is 18.1 Å². The molecule has 17 heavy (non-hydrogen) atoms. The van der Waals surface area contributed by atoms with Crippen LogP contribution in [0.3, 0.4) is 0 Å². The predicted octanol–water partition coefficient (Wildman–Crippen LogP) is 2.30. The van der Waals surface area contributed by atoms with Crippen molar-refractivity contribution in [2.24, 2.45) is 0 Å². The van der Waals surface area contributed by atoms with E-state index in [1.807, 2.05) is 18.2 Å². The second-order valence-electron chi connectivity index (χ2n) is 4.52. The SMILES string of the molecule is N#Cc1cccc(N(CCCO)C2CCC2)c1. The van der Waals surface area contributed by atoms with Crippen molar-refractivity contribution >= 4 is 5.69 Å². The topological polar surface area (TPSA) is 47.3 Å². The Labute approximate surface area is 102 Å². The molecule has 0 saturated heterocycles. The molecular formula is C14H18N2O. The molecule has 0 aliphatic heterocycles. The van der Waals surface area contributed by atoms with Gasteiger partial charge in [-0.3, -0.25) is 0 Å². The van der Waals surface area contributed by atoms with Crippen LogP contribution in [-0.2, 0) is 0 Å². The van der Waals surface area contributed by atoms with Gasteiger partial charge in [-0.05, 0) is 43.9 Å². The van der Waals surface area contributed by atoms with Gasteiger partial charge in [0.25, 0.3) is 0 Å². The van der Waals surface area contributed by atoms with E-state index in [9.17, 15) is 0 Å². The molecule has 0 amide bonds. The summed E-state index contributed by atoms with van der Waals surface area (Å²) < 4.78 is 0. The van der Waals surface area contributed by atoms with Gasteiger partial charge in [-0.25, -0.2) is 0 Å². The highest BCUT2D eigenvalue weighted by Gasteiger charge is 2.24. The predicted molar refractivity (Wildman–Crippen MR) is 67.8 cm³/mol. The minimum Gasteiger partial charge on any atom is -0.396 e. The fourth-order valence-corrected chi connectivity index (χ4v) is 2.22. The third kappa shape index (κ3) is 2.78. The summed E-state index contributed by atoms with van der Waals surface area (Å²) in [6, 6.07) is 10.5. The van der Waals surface area contributed by atoms with Crippen LogP contribution in [0.4, 0.5) is 5.69 Å². The van der Waals surface area contributed by atoms with Gasteiger partial charge in [-0.1, -0.05) is 6.07 Å². The zero-order valence-electron chi connectivity index (χ0n) is 9.97. The maximum atomic E-state index is 8.96. The molecule has 0 aromatic heterocycles. The third-order valence-corrected chi connectivity index (χ3v) is 3.38. The summed E-state index contributed by atoms with van der Waals surface area (Å²) in [4.78, 5) is 2.33. The van der Waals surface area contributed by atoms with E-state index >= 15 is 0 Å². The molecule has 1 aliphatic carbocycles. The van der Waals surface area contributed by atoms with Crippen molar-refractivity contribution in [2.45, 2.75) is 31.7 Å². The molecule has 1 N–H and O–H groups in total. The highest BCUT2D eigenvalue weighted by atomic mass is 16.3. The van der Waals surface area contributed by atoms with Crippen molar-refractivity contribution < 1.29 is 5.11 Å². The molecule has 1 aromatic rings. The largest absolute Gasteiger partial charge is 0.396 e. The first-order valence-electron chi connectivity index (χ1n) is 6.23. The van der Waals surface area contributed by atoms with Crippen LogP contribution in [0, 0.1) is 11.3 Å². The van der Waals surface area contributed by atoms with Gasteiger partial charge in [0, 0.05) is 24.9 Å². The summed E-state index contributed by atoms with van der Waals surface area (Å²) in [5.41, 5.74) is 1.82. The van der Waals surface area contributed by atoms with Gasteiger partial charge in [0.15, 0.2) is 0 Å². The number of benzene rings is 1. The van der Waals surface area contributed by atoms with Crippen LogP contribution in [0.15, 0.2) is 24.3 Å². The van der Waals surface area contributed by atoms with E-state index in [0.29, 0.717) is 11.6 Å². The van der Waals surface area contributed by atoms with Gasteiger partial charge in [0.05, 0.1) is 11.6 Å². The van der Waals surface area contributed by atoms with E-state index in [4.69, 9.17) is 10.4 Å². The Morgan fingerprint density at radius 3 is 2.82 bits per heavy atom. The maximum Gasteiger partial charge on any atom is 0.0992 e. The number of rotatable bonds is 5. The molecule has 0 bridgehead atoms. The van der Waals surface area contributed by atoms with Crippen molar-refractivity contribution in [3.05, 3.63) is 29.8 Å². The Morgan fingerprint density at radius 1 is 1.41 bits per heavy atom. The fourth-order valence-electron chi connectivity index (χ4n) is 2.22. The maximum absolute atomic E-state index is 8.96. The van der Waals surface area contributed by atoms with E-state index in [2.05, 4.69) is 17.0 Å². The van der Waals surface area contributed by atoms with Gasteiger partial charge in [0.2, 0.25) is 0 Å². The zero-order valence-corrected chi connectivity index (χ0v) is 9.97. The second-order valence-corrected chi connectivity index (χ2v) is 4.52. The number of nitrogens with zero attached hydrogens (tertiary/aromatic N) is 2. The van der Waals surface area contributed by atoms with E-state index in [-0.39, 0.29) is 6.61 Å². The number of aliphatic hydroxyl groups excluding tert-OH is 1. The van der Waals surface area contributed by atoms with E-state index in [0.717, 1.165) is 18.7 Å². The number of nitriles is 1. The van der Waals surface area contributed by atoms with Crippen LogP contribution in [-0.4, -0.2) is 24.3 Å². The van der Waals surface area contributed by atoms with E-state index in [1.165, 1.54) is 19.3 Å². The average molecular weight is 230 g/mol. The lowest BCUT2D eigenvalue weighted by Crippen LogP contribution is -2.41. The molecule has 1 saturated carbocycles. The number of hydrogen-bond donors (Lipinski definition) is 1. The summed E-state index contributed by atoms with van der Waals surface area (Å²) >= 11 is 0. The molecule has 1 aliphatic rings. The summed E-state index contributed by atoms with van der Waals surface area (Å²) in [5.74, 6) is 0. The van der Waals surface area contributed by atoms with Crippen molar-refractivity contribution in [1.29, 1.82) is 5.26 Å². The summed E-state index contributed by atoms with van der Waals surface area (Å²) in [6.45, 7) is 1.09. The Bertz CT molecular complexity index is 407. The Morgan fingerprint density at radius 2 is 2.24 bits per heavy atom. The standard InChI is InChI=1S/C14H18N2O/c15-11-12-4-1-7-14(10-12)16(8-3-9-17)13-5-2-6-13/h1,4,7,10,13,17H,2-3,5-6,8-9H2.